The topological polar surface area (TPSA) is 129 Å². The molecule has 3 aromatic carbocycles. The molecule has 0 radical (unpaired) electrons. The van der Waals surface area contributed by atoms with Crippen molar-refractivity contribution in [1.82, 2.24) is 19.7 Å². The van der Waals surface area contributed by atoms with Gasteiger partial charge in [-0.3, -0.25) is 4.79 Å². The Balaban J connectivity index is 1.33. The summed E-state index contributed by atoms with van der Waals surface area (Å²) in [5.74, 6) is 0.198. The van der Waals surface area contributed by atoms with Crippen LogP contribution in [0.25, 0.3) is 6.08 Å². The van der Waals surface area contributed by atoms with E-state index in [4.69, 9.17) is 11.6 Å². The first-order valence-corrected chi connectivity index (χ1v) is 14.2. The molecular formula is C28H27ClFN7O3S. The van der Waals surface area contributed by atoms with Crippen LogP contribution in [0.2, 0.25) is 5.02 Å². The molecular weight excluding hydrogens is 569 g/mol. The molecule has 0 aliphatic rings. The smallest absolute Gasteiger partial charge is 0.240 e. The van der Waals surface area contributed by atoms with Gasteiger partial charge in [0, 0.05) is 43.5 Å². The molecule has 13 heteroatoms. The molecule has 0 aliphatic carbocycles. The average molecular weight is 596 g/mol. The van der Waals surface area contributed by atoms with Gasteiger partial charge >= 0.3 is 0 Å². The molecule has 0 aliphatic heterocycles. The van der Waals surface area contributed by atoms with Gasteiger partial charge < -0.3 is 15.5 Å². The van der Waals surface area contributed by atoms with E-state index >= 15 is 0 Å². The van der Waals surface area contributed by atoms with Crippen molar-refractivity contribution < 1.29 is 17.6 Å². The normalized spacial score (nSPS) is 11.4. The molecule has 0 saturated heterocycles. The number of nitrogens with one attached hydrogen (secondary N) is 3. The summed E-state index contributed by atoms with van der Waals surface area (Å²) in [6.45, 7) is 0.217. The second-order valence-electron chi connectivity index (χ2n) is 8.91. The lowest BCUT2D eigenvalue weighted by Crippen LogP contribution is -2.29. The van der Waals surface area contributed by atoms with Gasteiger partial charge in [-0.2, -0.15) is 15.0 Å². The minimum Gasteiger partial charge on any atom is -0.353 e. The first kappa shape index (κ1) is 29.6. The van der Waals surface area contributed by atoms with Gasteiger partial charge in [-0.15, -0.1) is 0 Å². The SMILES string of the molecule is CN(C)c1nc(NCCNS(=O)(=O)c2ccc(C(=O)/C=C/c3ccc(Cl)cc3)cc2)nc(Nc2ccc(F)cc2)n1. The van der Waals surface area contributed by atoms with Gasteiger partial charge in [0.2, 0.25) is 27.9 Å². The standard InChI is InChI=1S/C28H27ClFN7O3S/c1-37(2)28-35-26(34-27(36-28)33-23-12-10-22(30)11-13-23)31-17-18-32-41(39,40)24-14-6-20(7-15-24)25(38)16-5-19-3-8-21(29)9-4-19/h3-16,32H,17-18H2,1-2H3,(H2,31,33,34,35,36)/b16-5+. The molecule has 0 spiro atoms. The number of aromatic nitrogens is 3. The van der Waals surface area contributed by atoms with Gasteiger partial charge in [0.05, 0.1) is 4.90 Å². The second kappa shape index (κ2) is 13.3. The number of hydrogen-bond donors (Lipinski definition) is 3. The lowest BCUT2D eigenvalue weighted by Gasteiger charge is -2.14. The Bertz CT molecular complexity index is 1630. The zero-order chi connectivity index (χ0) is 29.4. The monoisotopic (exact) mass is 595 g/mol. The molecule has 4 rings (SSSR count). The molecule has 0 atom stereocenters. The predicted octanol–water partition coefficient (Wildman–Crippen LogP) is 4.76. The first-order valence-electron chi connectivity index (χ1n) is 12.4. The molecule has 0 unspecified atom stereocenters. The molecule has 0 amide bonds. The van der Waals surface area contributed by atoms with Crippen LogP contribution in [0.1, 0.15) is 15.9 Å². The molecule has 10 nitrogen and oxygen atoms in total. The molecule has 41 heavy (non-hydrogen) atoms. The Labute approximate surface area is 242 Å². The van der Waals surface area contributed by atoms with E-state index in [1.165, 1.54) is 42.5 Å². The van der Waals surface area contributed by atoms with Gasteiger partial charge in [0.15, 0.2) is 5.78 Å². The van der Waals surface area contributed by atoms with Crippen molar-refractivity contribution in [3.8, 4) is 0 Å². The van der Waals surface area contributed by atoms with Gasteiger partial charge in [-0.25, -0.2) is 17.5 Å². The largest absolute Gasteiger partial charge is 0.353 e. The van der Waals surface area contributed by atoms with Gasteiger partial charge in [0.25, 0.3) is 0 Å². The van der Waals surface area contributed by atoms with Crippen LogP contribution in [-0.4, -0.2) is 56.3 Å². The number of sulfonamides is 1. The van der Waals surface area contributed by atoms with Crippen LogP contribution in [0.5, 0.6) is 0 Å². The van der Waals surface area contributed by atoms with Crippen LogP contribution in [-0.2, 0) is 10.0 Å². The van der Waals surface area contributed by atoms with Crippen molar-refractivity contribution in [3.63, 3.8) is 0 Å². The zero-order valence-electron chi connectivity index (χ0n) is 22.2. The van der Waals surface area contributed by atoms with Gasteiger partial charge in [0.1, 0.15) is 5.82 Å². The maximum Gasteiger partial charge on any atom is 0.240 e. The van der Waals surface area contributed by atoms with Gasteiger partial charge in [-0.05, 0) is 72.3 Å². The maximum absolute atomic E-state index is 13.2. The Morgan fingerprint density at radius 3 is 2.22 bits per heavy atom. The summed E-state index contributed by atoms with van der Waals surface area (Å²) in [7, 11) is -0.292. The van der Waals surface area contributed by atoms with E-state index in [0.29, 0.717) is 22.2 Å². The number of ketones is 1. The summed E-state index contributed by atoms with van der Waals surface area (Å²) in [5, 5.41) is 6.57. The molecule has 0 bridgehead atoms. The minimum atomic E-state index is -3.83. The van der Waals surface area contributed by atoms with Crippen LogP contribution in [0.3, 0.4) is 0 Å². The van der Waals surface area contributed by atoms with E-state index in [1.807, 2.05) is 0 Å². The predicted molar refractivity (Wildman–Crippen MR) is 159 cm³/mol. The van der Waals surface area contributed by atoms with Crippen LogP contribution >= 0.6 is 11.6 Å². The maximum atomic E-state index is 13.2. The molecule has 1 aromatic heterocycles. The van der Waals surface area contributed by atoms with E-state index in [0.717, 1.165) is 5.56 Å². The van der Waals surface area contributed by atoms with Crippen molar-refractivity contribution >= 4 is 57.0 Å². The third-order valence-corrected chi connectivity index (χ3v) is 7.30. The number of hydrogen-bond acceptors (Lipinski definition) is 9. The van der Waals surface area contributed by atoms with Crippen molar-refractivity contribution in [2.24, 2.45) is 0 Å². The summed E-state index contributed by atoms with van der Waals surface area (Å²) in [6, 6.07) is 18.4. The number of halogens is 2. The summed E-state index contributed by atoms with van der Waals surface area (Å²) in [4.78, 5) is 27.1. The van der Waals surface area contributed by atoms with Crippen molar-refractivity contribution in [2.75, 3.05) is 42.7 Å². The zero-order valence-corrected chi connectivity index (χ0v) is 23.7. The number of benzene rings is 3. The minimum absolute atomic E-state index is 0.0246. The Hall–Kier alpha value is -4.39. The number of carbonyl (C=O) groups is 1. The number of rotatable bonds is 12. The number of allylic oxidation sites excluding steroid dienone is 1. The average Bonchev–Trinajstić information content (AvgIpc) is 2.96. The quantitative estimate of drug-likeness (QED) is 0.121. The van der Waals surface area contributed by atoms with E-state index < -0.39 is 10.0 Å². The van der Waals surface area contributed by atoms with Crippen LogP contribution in [0, 0.1) is 5.82 Å². The first-order chi connectivity index (χ1) is 19.6. The van der Waals surface area contributed by atoms with Crippen LogP contribution in [0.15, 0.2) is 83.8 Å². The fourth-order valence-electron chi connectivity index (χ4n) is 3.45. The summed E-state index contributed by atoms with van der Waals surface area (Å²) in [6.07, 6.45) is 3.08. The molecule has 0 saturated carbocycles. The van der Waals surface area contributed by atoms with E-state index in [-0.39, 0.29) is 41.5 Å². The lowest BCUT2D eigenvalue weighted by molar-refractivity contribution is 0.104. The Morgan fingerprint density at radius 1 is 0.902 bits per heavy atom. The van der Waals surface area contributed by atoms with Crippen molar-refractivity contribution in [3.05, 3.63) is 101 Å². The molecule has 3 N–H and O–H groups in total. The van der Waals surface area contributed by atoms with Crippen molar-refractivity contribution in [2.45, 2.75) is 4.90 Å². The summed E-state index contributed by atoms with van der Waals surface area (Å²) >= 11 is 5.87. The van der Waals surface area contributed by atoms with Gasteiger partial charge in [-0.1, -0.05) is 29.8 Å². The highest BCUT2D eigenvalue weighted by Gasteiger charge is 2.15. The molecule has 1 heterocycles. The number of anilines is 4. The Morgan fingerprint density at radius 2 is 1.56 bits per heavy atom. The van der Waals surface area contributed by atoms with E-state index in [1.54, 1.807) is 61.5 Å². The number of nitrogens with zero attached hydrogens (tertiary/aromatic N) is 4. The Kier molecular flexibility index (Phi) is 9.61. The molecule has 4 aromatic rings. The second-order valence-corrected chi connectivity index (χ2v) is 11.1. The van der Waals surface area contributed by atoms with E-state index in [2.05, 4.69) is 30.3 Å². The molecule has 0 fully saturated rings. The third-order valence-electron chi connectivity index (χ3n) is 5.57. The fraction of sp³-hybridized carbons (Fsp3) is 0.143. The fourth-order valence-corrected chi connectivity index (χ4v) is 4.60. The highest BCUT2D eigenvalue weighted by molar-refractivity contribution is 7.89. The van der Waals surface area contributed by atoms with E-state index in [9.17, 15) is 17.6 Å². The van der Waals surface area contributed by atoms with Crippen molar-refractivity contribution in [1.29, 1.82) is 0 Å². The summed E-state index contributed by atoms with van der Waals surface area (Å²) in [5.41, 5.74) is 1.76. The third kappa shape index (κ3) is 8.55. The number of carbonyl (C=O) groups excluding carboxylic acids is 1. The highest BCUT2D eigenvalue weighted by atomic mass is 35.5. The molecule has 212 valence electrons. The van der Waals surface area contributed by atoms with Crippen LogP contribution in [0.4, 0.5) is 27.9 Å². The highest BCUT2D eigenvalue weighted by Crippen LogP contribution is 2.18. The van der Waals surface area contributed by atoms with Crippen LogP contribution < -0.4 is 20.3 Å². The summed E-state index contributed by atoms with van der Waals surface area (Å²) < 4.78 is 41.2. The lowest BCUT2D eigenvalue weighted by atomic mass is 10.1.